The molecule has 2 aromatic rings. The van der Waals surface area contributed by atoms with Gasteiger partial charge < -0.3 is 20.5 Å². The molecule has 0 saturated carbocycles. The first-order valence-corrected chi connectivity index (χ1v) is 6.49. The van der Waals surface area contributed by atoms with Gasteiger partial charge in [0.25, 0.3) is 0 Å². The van der Waals surface area contributed by atoms with Gasteiger partial charge in [0.15, 0.2) is 0 Å². The zero-order valence-electron chi connectivity index (χ0n) is 11.9. The van der Waals surface area contributed by atoms with E-state index in [2.05, 4.69) is 10.1 Å². The number of benzene rings is 1. The number of hydrogen-bond acceptors (Lipinski definition) is 6. The molecule has 1 aromatic carbocycles. The Morgan fingerprint density at radius 2 is 2.19 bits per heavy atom. The van der Waals surface area contributed by atoms with Crippen molar-refractivity contribution in [2.45, 2.75) is 13.8 Å². The van der Waals surface area contributed by atoms with E-state index in [1.807, 2.05) is 13.8 Å². The van der Waals surface area contributed by atoms with Crippen molar-refractivity contribution >= 4 is 24.7 Å². The number of hydrogen-bond donors (Lipinski definition) is 3. The topological polar surface area (TPSA) is 106 Å². The summed E-state index contributed by atoms with van der Waals surface area (Å²) in [6, 6.07) is 4.93. The molecule has 2 rings (SSSR count). The van der Waals surface area contributed by atoms with E-state index in [1.54, 1.807) is 30.6 Å². The van der Waals surface area contributed by atoms with Crippen molar-refractivity contribution < 1.29 is 14.8 Å². The molecule has 8 heteroatoms. The Labute approximate surface area is 122 Å². The third-order valence-electron chi connectivity index (χ3n) is 2.73. The van der Waals surface area contributed by atoms with Crippen molar-refractivity contribution in [3.8, 4) is 5.75 Å². The zero-order valence-corrected chi connectivity index (χ0v) is 11.9. The summed E-state index contributed by atoms with van der Waals surface area (Å²) in [5, 5.41) is 22.8. The van der Waals surface area contributed by atoms with Crippen molar-refractivity contribution in [3.63, 3.8) is 0 Å². The van der Waals surface area contributed by atoms with Gasteiger partial charge in [-0.05, 0) is 37.0 Å². The van der Waals surface area contributed by atoms with E-state index in [0.29, 0.717) is 23.4 Å². The van der Waals surface area contributed by atoms with Crippen molar-refractivity contribution in [3.05, 3.63) is 35.7 Å². The Bertz CT molecular complexity index is 655. The summed E-state index contributed by atoms with van der Waals surface area (Å²) >= 11 is 0. The fraction of sp³-hybridized carbons (Fsp3) is 0.231. The molecular formula is C13H17BN4O3. The number of nitrogens with two attached hydrogens (primary N) is 1. The summed E-state index contributed by atoms with van der Waals surface area (Å²) in [4.78, 5) is 4.04. The standard InChI is InChI=1S/C13H17BN4O3/c1-3-21-12-5-10(4-11(6-12)14(19)20)7-16-18-8-9(2)17-13(18)15/h4-8,19-20H,3H2,1-2H3,(H2,15,17). The van der Waals surface area contributed by atoms with Gasteiger partial charge in [0.05, 0.1) is 24.7 Å². The van der Waals surface area contributed by atoms with Crippen LogP contribution in [0.2, 0.25) is 0 Å². The van der Waals surface area contributed by atoms with Crippen LogP contribution < -0.4 is 15.9 Å². The molecule has 1 heterocycles. The second-order valence-electron chi connectivity index (χ2n) is 4.47. The Balaban J connectivity index is 2.32. The lowest BCUT2D eigenvalue weighted by Crippen LogP contribution is -2.30. The molecule has 0 aliphatic rings. The average molecular weight is 288 g/mol. The molecule has 1 aromatic heterocycles. The third kappa shape index (κ3) is 3.83. The highest BCUT2D eigenvalue weighted by Crippen LogP contribution is 2.11. The van der Waals surface area contributed by atoms with E-state index in [-0.39, 0.29) is 5.95 Å². The molecular weight excluding hydrogens is 271 g/mol. The van der Waals surface area contributed by atoms with Gasteiger partial charge in [-0.3, -0.25) is 0 Å². The van der Waals surface area contributed by atoms with E-state index in [9.17, 15) is 10.0 Å². The predicted molar refractivity (Wildman–Crippen MR) is 81.8 cm³/mol. The third-order valence-corrected chi connectivity index (χ3v) is 2.73. The fourth-order valence-electron chi connectivity index (χ4n) is 1.84. The number of anilines is 1. The molecule has 0 fully saturated rings. The largest absolute Gasteiger partial charge is 0.494 e. The quantitative estimate of drug-likeness (QED) is 0.519. The van der Waals surface area contributed by atoms with Crippen LogP contribution in [0.1, 0.15) is 18.2 Å². The lowest BCUT2D eigenvalue weighted by Gasteiger charge is -2.07. The summed E-state index contributed by atoms with van der Waals surface area (Å²) in [5.41, 5.74) is 7.45. The van der Waals surface area contributed by atoms with Crippen LogP contribution in [0, 0.1) is 6.92 Å². The minimum atomic E-state index is -1.57. The minimum Gasteiger partial charge on any atom is -0.494 e. The summed E-state index contributed by atoms with van der Waals surface area (Å²) < 4.78 is 6.83. The second kappa shape index (κ2) is 6.42. The number of aryl methyl sites for hydroxylation is 1. The molecule has 4 N–H and O–H groups in total. The Hall–Kier alpha value is -2.32. The highest BCUT2D eigenvalue weighted by molar-refractivity contribution is 6.58. The molecule has 0 amide bonds. The number of rotatable bonds is 5. The van der Waals surface area contributed by atoms with Crippen LogP contribution in [0.15, 0.2) is 29.5 Å². The molecule has 0 spiro atoms. The highest BCUT2D eigenvalue weighted by Gasteiger charge is 2.13. The van der Waals surface area contributed by atoms with Gasteiger partial charge in [-0.25, -0.2) is 9.66 Å². The van der Waals surface area contributed by atoms with E-state index >= 15 is 0 Å². The molecule has 0 atom stereocenters. The maximum absolute atomic E-state index is 9.29. The van der Waals surface area contributed by atoms with Gasteiger partial charge in [0.1, 0.15) is 5.75 Å². The first-order valence-electron chi connectivity index (χ1n) is 6.49. The van der Waals surface area contributed by atoms with Gasteiger partial charge in [-0.2, -0.15) is 5.10 Å². The van der Waals surface area contributed by atoms with E-state index in [4.69, 9.17) is 10.5 Å². The molecule has 0 saturated heterocycles. The predicted octanol–water partition coefficient (Wildman–Crippen LogP) is -0.266. The first-order chi connectivity index (χ1) is 9.99. The Kier molecular flexibility index (Phi) is 4.61. The molecule has 110 valence electrons. The number of nitrogens with zero attached hydrogens (tertiary/aromatic N) is 3. The highest BCUT2D eigenvalue weighted by atomic mass is 16.5. The van der Waals surface area contributed by atoms with Crippen LogP contribution in [0.5, 0.6) is 5.75 Å². The van der Waals surface area contributed by atoms with Gasteiger partial charge in [-0.15, -0.1) is 0 Å². The van der Waals surface area contributed by atoms with Gasteiger partial charge in [0.2, 0.25) is 5.95 Å². The van der Waals surface area contributed by atoms with E-state index in [1.165, 1.54) is 4.68 Å². The molecule has 0 unspecified atom stereocenters. The maximum atomic E-state index is 9.29. The molecule has 21 heavy (non-hydrogen) atoms. The average Bonchev–Trinajstić information content (AvgIpc) is 2.75. The summed E-state index contributed by atoms with van der Waals surface area (Å²) in [6.07, 6.45) is 3.24. The lowest BCUT2D eigenvalue weighted by atomic mass is 9.79. The number of aromatic nitrogens is 2. The molecule has 0 radical (unpaired) electrons. The molecule has 0 aliphatic carbocycles. The van der Waals surface area contributed by atoms with Crippen molar-refractivity contribution in [1.82, 2.24) is 9.66 Å². The second-order valence-corrected chi connectivity index (χ2v) is 4.47. The monoisotopic (exact) mass is 288 g/mol. The van der Waals surface area contributed by atoms with E-state index < -0.39 is 7.12 Å². The van der Waals surface area contributed by atoms with Crippen LogP contribution in [-0.2, 0) is 0 Å². The summed E-state index contributed by atoms with van der Waals surface area (Å²) in [6.45, 7) is 4.15. The van der Waals surface area contributed by atoms with Gasteiger partial charge in [-0.1, -0.05) is 6.07 Å². The van der Waals surface area contributed by atoms with Crippen LogP contribution in [0.4, 0.5) is 5.95 Å². The van der Waals surface area contributed by atoms with Crippen LogP contribution in [0.3, 0.4) is 0 Å². The maximum Gasteiger partial charge on any atom is 0.488 e. The minimum absolute atomic E-state index is 0.284. The summed E-state index contributed by atoms with van der Waals surface area (Å²) in [7, 11) is -1.57. The van der Waals surface area contributed by atoms with Crippen molar-refractivity contribution in [2.75, 3.05) is 12.3 Å². The van der Waals surface area contributed by atoms with Crippen molar-refractivity contribution in [1.29, 1.82) is 0 Å². The SMILES string of the molecule is CCOc1cc(C=Nn2cc(C)nc2N)cc(B(O)O)c1. The number of imidazole rings is 1. The lowest BCUT2D eigenvalue weighted by molar-refractivity contribution is 0.340. The molecule has 7 nitrogen and oxygen atoms in total. The normalized spacial score (nSPS) is 11.0. The Morgan fingerprint density at radius 1 is 1.43 bits per heavy atom. The van der Waals surface area contributed by atoms with Gasteiger partial charge >= 0.3 is 7.12 Å². The fourth-order valence-corrected chi connectivity index (χ4v) is 1.84. The Morgan fingerprint density at radius 3 is 2.76 bits per heavy atom. The number of nitrogen functional groups attached to an aromatic ring is 1. The van der Waals surface area contributed by atoms with E-state index in [0.717, 1.165) is 5.69 Å². The summed E-state index contributed by atoms with van der Waals surface area (Å²) in [5.74, 6) is 0.825. The smallest absolute Gasteiger partial charge is 0.488 e. The zero-order chi connectivity index (χ0) is 15.4. The first kappa shape index (κ1) is 15.1. The van der Waals surface area contributed by atoms with Crippen LogP contribution in [0.25, 0.3) is 0 Å². The molecule has 0 aliphatic heterocycles. The number of ether oxygens (including phenoxy) is 1. The molecule has 0 bridgehead atoms. The van der Waals surface area contributed by atoms with Crippen LogP contribution >= 0.6 is 0 Å². The van der Waals surface area contributed by atoms with Gasteiger partial charge in [0, 0.05) is 0 Å². The van der Waals surface area contributed by atoms with Crippen molar-refractivity contribution in [2.24, 2.45) is 5.10 Å². The van der Waals surface area contributed by atoms with Crippen LogP contribution in [-0.4, -0.2) is 39.6 Å².